The third kappa shape index (κ3) is 2.63. The minimum absolute atomic E-state index is 0.238. The van der Waals surface area contributed by atoms with Crippen LogP contribution in [0.5, 0.6) is 0 Å². The highest BCUT2D eigenvalue weighted by atomic mass is 16.5. The Labute approximate surface area is 103 Å². The summed E-state index contributed by atoms with van der Waals surface area (Å²) in [5, 5.41) is 0. The maximum Gasteiger partial charge on any atom is 0.327 e. The van der Waals surface area contributed by atoms with Crippen molar-refractivity contribution in [2.45, 2.75) is 50.6 Å². The topological polar surface area (TPSA) is 55.6 Å². The predicted molar refractivity (Wildman–Crippen MR) is 66.5 cm³/mol. The minimum Gasteiger partial charge on any atom is -0.468 e. The van der Waals surface area contributed by atoms with Gasteiger partial charge in [0.05, 0.1) is 7.11 Å². The van der Waals surface area contributed by atoms with Crippen molar-refractivity contribution in [3.05, 3.63) is 0 Å². The van der Waals surface area contributed by atoms with Crippen molar-refractivity contribution in [2.75, 3.05) is 20.2 Å². The average molecular weight is 240 g/mol. The minimum atomic E-state index is -0.777. The Balaban J connectivity index is 2.04. The number of hydrogen-bond acceptors (Lipinski definition) is 4. The number of carbonyl (C=O) groups excluding carboxylic acids is 1. The summed E-state index contributed by atoms with van der Waals surface area (Å²) in [7, 11) is 1.44. The molecule has 1 saturated heterocycles. The van der Waals surface area contributed by atoms with Gasteiger partial charge in [0, 0.05) is 12.6 Å². The van der Waals surface area contributed by atoms with Gasteiger partial charge < -0.3 is 10.5 Å². The van der Waals surface area contributed by atoms with E-state index in [1.807, 2.05) is 0 Å². The van der Waals surface area contributed by atoms with Crippen molar-refractivity contribution in [2.24, 2.45) is 11.7 Å². The molecule has 1 aliphatic heterocycles. The molecule has 0 aromatic rings. The fourth-order valence-corrected chi connectivity index (χ4v) is 2.88. The maximum absolute atomic E-state index is 11.9. The highest BCUT2D eigenvalue weighted by Gasteiger charge is 2.50. The van der Waals surface area contributed by atoms with E-state index in [4.69, 9.17) is 10.5 Å². The Morgan fingerprint density at radius 1 is 1.41 bits per heavy atom. The van der Waals surface area contributed by atoms with Crippen LogP contribution in [-0.4, -0.2) is 42.6 Å². The van der Waals surface area contributed by atoms with Crippen molar-refractivity contribution >= 4 is 5.97 Å². The van der Waals surface area contributed by atoms with E-state index in [9.17, 15) is 4.79 Å². The van der Waals surface area contributed by atoms with E-state index in [1.165, 1.54) is 26.4 Å². The lowest BCUT2D eigenvalue weighted by Gasteiger charge is -2.39. The van der Waals surface area contributed by atoms with Crippen LogP contribution in [0.1, 0.15) is 39.0 Å². The van der Waals surface area contributed by atoms with Crippen LogP contribution in [-0.2, 0) is 9.53 Å². The molecule has 0 aromatic heterocycles. The molecule has 0 amide bonds. The summed E-state index contributed by atoms with van der Waals surface area (Å²) in [6.45, 7) is 3.94. The number of nitrogens with zero attached hydrogens (tertiary/aromatic N) is 1. The molecule has 2 fully saturated rings. The standard InChI is InChI=1S/C13H24N2O2/c1-10-5-3-4-8-15(10)9-13(14,11-6-7-11)12(16)17-2/h10-11H,3-9,14H2,1-2H3. The Bertz CT molecular complexity index is 291. The van der Waals surface area contributed by atoms with Gasteiger partial charge in [-0.3, -0.25) is 9.69 Å². The van der Waals surface area contributed by atoms with Crippen molar-refractivity contribution in [1.29, 1.82) is 0 Å². The lowest BCUT2D eigenvalue weighted by molar-refractivity contribution is -0.149. The van der Waals surface area contributed by atoms with E-state index < -0.39 is 5.54 Å². The van der Waals surface area contributed by atoms with Crippen molar-refractivity contribution in [3.8, 4) is 0 Å². The summed E-state index contributed by atoms with van der Waals surface area (Å²) >= 11 is 0. The van der Waals surface area contributed by atoms with Gasteiger partial charge in [-0.05, 0) is 45.1 Å². The highest BCUT2D eigenvalue weighted by molar-refractivity contribution is 5.81. The summed E-state index contributed by atoms with van der Waals surface area (Å²) in [4.78, 5) is 14.3. The number of carbonyl (C=O) groups is 1. The molecular weight excluding hydrogens is 216 g/mol. The number of ether oxygens (including phenoxy) is 1. The first kappa shape index (κ1) is 12.8. The number of piperidine rings is 1. The second-order valence-corrected chi connectivity index (χ2v) is 5.62. The number of nitrogens with two attached hydrogens (primary N) is 1. The van der Waals surface area contributed by atoms with Gasteiger partial charge >= 0.3 is 5.97 Å². The molecule has 2 rings (SSSR count). The molecule has 0 radical (unpaired) electrons. The fourth-order valence-electron chi connectivity index (χ4n) is 2.88. The van der Waals surface area contributed by atoms with Crippen LogP contribution in [0.25, 0.3) is 0 Å². The van der Waals surface area contributed by atoms with E-state index in [1.54, 1.807) is 0 Å². The summed E-state index contributed by atoms with van der Waals surface area (Å²) in [5.74, 6) is 0.0850. The third-order valence-electron chi connectivity index (χ3n) is 4.28. The van der Waals surface area contributed by atoms with Crippen LogP contribution in [0.3, 0.4) is 0 Å². The molecule has 2 atom stereocenters. The zero-order valence-electron chi connectivity index (χ0n) is 10.9. The Morgan fingerprint density at radius 3 is 2.65 bits per heavy atom. The molecule has 98 valence electrons. The Morgan fingerprint density at radius 2 is 2.12 bits per heavy atom. The molecule has 4 nitrogen and oxygen atoms in total. The summed E-state index contributed by atoms with van der Waals surface area (Å²) < 4.78 is 4.90. The second-order valence-electron chi connectivity index (χ2n) is 5.62. The molecule has 0 aromatic carbocycles. The molecule has 1 saturated carbocycles. The first-order valence-electron chi connectivity index (χ1n) is 6.69. The first-order valence-corrected chi connectivity index (χ1v) is 6.69. The van der Waals surface area contributed by atoms with Gasteiger partial charge in [0.2, 0.25) is 0 Å². The van der Waals surface area contributed by atoms with E-state index in [-0.39, 0.29) is 5.97 Å². The largest absolute Gasteiger partial charge is 0.468 e. The monoisotopic (exact) mass is 240 g/mol. The van der Waals surface area contributed by atoms with Gasteiger partial charge in [0.25, 0.3) is 0 Å². The van der Waals surface area contributed by atoms with Gasteiger partial charge in [-0.1, -0.05) is 6.42 Å². The third-order valence-corrected chi connectivity index (χ3v) is 4.28. The molecule has 0 spiro atoms. The van der Waals surface area contributed by atoms with Gasteiger partial charge in [-0.15, -0.1) is 0 Å². The van der Waals surface area contributed by atoms with E-state index >= 15 is 0 Å². The van der Waals surface area contributed by atoms with Crippen LogP contribution < -0.4 is 5.73 Å². The molecule has 1 heterocycles. The highest BCUT2D eigenvalue weighted by Crippen LogP contribution is 2.40. The van der Waals surface area contributed by atoms with Crippen molar-refractivity contribution < 1.29 is 9.53 Å². The fraction of sp³-hybridized carbons (Fsp3) is 0.923. The van der Waals surface area contributed by atoms with E-state index in [2.05, 4.69) is 11.8 Å². The number of likely N-dealkylation sites (tertiary alicyclic amines) is 1. The van der Waals surface area contributed by atoms with Crippen LogP contribution in [0.2, 0.25) is 0 Å². The predicted octanol–water partition coefficient (Wildman–Crippen LogP) is 1.14. The lowest BCUT2D eigenvalue weighted by atomic mass is 9.91. The summed E-state index contributed by atoms with van der Waals surface area (Å²) in [5.41, 5.74) is 5.56. The number of esters is 1. The van der Waals surface area contributed by atoms with E-state index in [0.29, 0.717) is 18.5 Å². The Kier molecular flexibility index (Phi) is 3.73. The first-order chi connectivity index (χ1) is 8.08. The zero-order valence-corrected chi connectivity index (χ0v) is 10.9. The van der Waals surface area contributed by atoms with Gasteiger partial charge in [0.1, 0.15) is 5.54 Å². The van der Waals surface area contributed by atoms with Crippen molar-refractivity contribution in [1.82, 2.24) is 4.90 Å². The molecule has 2 aliphatic rings. The van der Waals surface area contributed by atoms with Gasteiger partial charge in [-0.25, -0.2) is 0 Å². The van der Waals surface area contributed by atoms with Gasteiger partial charge in [0.15, 0.2) is 0 Å². The smallest absolute Gasteiger partial charge is 0.327 e. The number of methoxy groups -OCH3 is 1. The maximum atomic E-state index is 11.9. The Hall–Kier alpha value is -0.610. The molecule has 0 bridgehead atoms. The summed E-state index contributed by atoms with van der Waals surface area (Å²) in [6.07, 6.45) is 5.84. The molecule has 1 aliphatic carbocycles. The quantitative estimate of drug-likeness (QED) is 0.749. The number of hydrogen-bond donors (Lipinski definition) is 1. The lowest BCUT2D eigenvalue weighted by Crippen LogP contribution is -2.60. The molecule has 17 heavy (non-hydrogen) atoms. The van der Waals surface area contributed by atoms with Crippen LogP contribution in [0, 0.1) is 5.92 Å². The normalized spacial score (nSPS) is 29.7. The van der Waals surface area contributed by atoms with Crippen LogP contribution >= 0.6 is 0 Å². The molecule has 2 N–H and O–H groups in total. The van der Waals surface area contributed by atoms with Gasteiger partial charge in [-0.2, -0.15) is 0 Å². The van der Waals surface area contributed by atoms with Crippen molar-refractivity contribution in [3.63, 3.8) is 0 Å². The average Bonchev–Trinajstić information content (AvgIpc) is 3.15. The molecule has 4 heteroatoms. The van der Waals surface area contributed by atoms with E-state index in [0.717, 1.165) is 19.4 Å². The van der Waals surface area contributed by atoms with Crippen LogP contribution in [0.15, 0.2) is 0 Å². The molecule has 2 unspecified atom stereocenters. The zero-order chi connectivity index (χ0) is 12.5. The summed E-state index contributed by atoms with van der Waals surface area (Å²) in [6, 6.07) is 0.537. The van der Waals surface area contributed by atoms with Crippen LogP contribution in [0.4, 0.5) is 0 Å². The molecular formula is C13H24N2O2. The second kappa shape index (κ2) is 4.94. The SMILES string of the molecule is COC(=O)C(N)(CN1CCCCC1C)C1CC1. The number of rotatable bonds is 4.